The second-order valence-corrected chi connectivity index (χ2v) is 5.18. The lowest BCUT2D eigenvalue weighted by atomic mass is 10.1. The van der Waals surface area contributed by atoms with Gasteiger partial charge in [-0.15, -0.1) is 0 Å². The molecule has 0 amide bonds. The van der Waals surface area contributed by atoms with Gasteiger partial charge < -0.3 is 5.09 Å². The molecule has 0 aliphatic rings. The lowest BCUT2D eigenvalue weighted by Gasteiger charge is -2.10. The van der Waals surface area contributed by atoms with Gasteiger partial charge in [0.1, 0.15) is 5.82 Å². The Morgan fingerprint density at radius 3 is 2.40 bits per heavy atom. The molecule has 0 spiro atoms. The molecule has 0 aliphatic heterocycles. The molecule has 0 radical (unpaired) electrons. The lowest BCUT2D eigenvalue weighted by molar-refractivity contribution is 0.574. The quantitative estimate of drug-likeness (QED) is 0.554. The van der Waals surface area contributed by atoms with Crippen LogP contribution in [0, 0.1) is 5.82 Å². The Hall–Kier alpha value is -0.810. The molecule has 0 bridgehead atoms. The average molecular weight is 247 g/mol. The van der Waals surface area contributed by atoms with Gasteiger partial charge in [-0.2, -0.15) is 0 Å². The lowest BCUT2D eigenvalue weighted by Crippen LogP contribution is -2.28. The first-order valence-electron chi connectivity index (χ1n) is 4.09. The van der Waals surface area contributed by atoms with Gasteiger partial charge in [-0.05, 0) is 17.7 Å². The molecule has 0 fully saturated rings. The Kier molecular flexibility index (Phi) is 3.93. The van der Waals surface area contributed by atoms with Gasteiger partial charge in [-0.3, -0.25) is 15.6 Å². The minimum Gasteiger partial charge on any atom is -0.307 e. The summed E-state index contributed by atoms with van der Waals surface area (Å²) in [5, 5.41) is 2.33. The first-order valence-corrected chi connectivity index (χ1v) is 6.35. The number of hydrogen-bond donors (Lipinski definition) is 3. The van der Waals surface area contributed by atoms with Crippen molar-refractivity contribution in [2.75, 3.05) is 0 Å². The first kappa shape index (κ1) is 12.3. The van der Waals surface area contributed by atoms with Crippen molar-refractivity contribution in [1.29, 1.82) is 0 Å². The number of halogens is 1. The van der Waals surface area contributed by atoms with Crippen molar-refractivity contribution >= 4 is 24.8 Å². The molecule has 1 rings (SSSR count). The van der Waals surface area contributed by atoms with Crippen LogP contribution in [0.15, 0.2) is 24.3 Å². The van der Waals surface area contributed by atoms with Crippen molar-refractivity contribution in [1.82, 2.24) is 5.09 Å². The van der Waals surface area contributed by atoms with Crippen molar-refractivity contribution in [2.24, 2.45) is 11.0 Å². The smallest absolute Gasteiger partial charge is 0.298 e. The maximum Gasteiger partial charge on any atom is 0.298 e. The van der Waals surface area contributed by atoms with Crippen LogP contribution in [0.4, 0.5) is 4.39 Å². The molecule has 5 N–H and O–H groups in total. The first-order chi connectivity index (χ1) is 6.87. The van der Waals surface area contributed by atoms with Crippen molar-refractivity contribution in [3.05, 3.63) is 35.6 Å². The Morgan fingerprint density at radius 2 is 1.93 bits per heavy atom. The van der Waals surface area contributed by atoms with Crippen LogP contribution in [-0.4, -0.2) is 4.99 Å². The SMILES string of the molecule is NP(N)(=O)NC(=S)Cc1ccc(F)cc1. The fourth-order valence-electron chi connectivity index (χ4n) is 1.02. The predicted molar refractivity (Wildman–Crippen MR) is 61.8 cm³/mol. The molecule has 7 heteroatoms. The van der Waals surface area contributed by atoms with E-state index in [0.717, 1.165) is 5.56 Å². The van der Waals surface area contributed by atoms with E-state index in [9.17, 15) is 8.96 Å². The Bertz CT molecular complexity index is 403. The van der Waals surface area contributed by atoms with Crippen LogP contribution < -0.4 is 16.1 Å². The van der Waals surface area contributed by atoms with Gasteiger partial charge in [0, 0.05) is 6.42 Å². The summed E-state index contributed by atoms with van der Waals surface area (Å²) in [7, 11) is -3.33. The number of thiocarbonyl (C=S) groups is 1. The van der Waals surface area contributed by atoms with Crippen LogP contribution in [0.5, 0.6) is 0 Å². The van der Waals surface area contributed by atoms with Crippen molar-refractivity contribution in [2.45, 2.75) is 6.42 Å². The van der Waals surface area contributed by atoms with E-state index in [4.69, 9.17) is 23.2 Å². The van der Waals surface area contributed by atoms with Crippen molar-refractivity contribution in [3.8, 4) is 0 Å². The number of nitrogens with one attached hydrogen (secondary N) is 1. The maximum atomic E-state index is 12.6. The molecule has 4 nitrogen and oxygen atoms in total. The monoisotopic (exact) mass is 247 g/mol. The van der Waals surface area contributed by atoms with Gasteiger partial charge in [0.25, 0.3) is 7.59 Å². The highest BCUT2D eigenvalue weighted by Crippen LogP contribution is 2.18. The number of rotatable bonds is 3. The normalized spacial score (nSPS) is 11.1. The summed E-state index contributed by atoms with van der Waals surface area (Å²) in [5.74, 6) is -0.319. The molecule has 0 unspecified atom stereocenters. The van der Waals surface area contributed by atoms with E-state index in [1.165, 1.54) is 12.1 Å². The summed E-state index contributed by atoms with van der Waals surface area (Å²) in [6.45, 7) is 0. The Morgan fingerprint density at radius 1 is 1.40 bits per heavy atom. The zero-order valence-electron chi connectivity index (χ0n) is 7.81. The van der Waals surface area contributed by atoms with E-state index in [2.05, 4.69) is 5.09 Å². The summed E-state index contributed by atoms with van der Waals surface area (Å²) >= 11 is 4.88. The van der Waals surface area contributed by atoms with E-state index in [0.29, 0.717) is 6.42 Å². The van der Waals surface area contributed by atoms with E-state index >= 15 is 0 Å². The van der Waals surface area contributed by atoms with Crippen LogP contribution in [0.3, 0.4) is 0 Å². The molecular weight excluding hydrogens is 236 g/mol. The highest BCUT2D eigenvalue weighted by Gasteiger charge is 2.09. The molecule has 0 atom stereocenters. The molecule has 82 valence electrons. The minimum atomic E-state index is -3.33. The molecule has 0 aliphatic carbocycles. The Balaban J connectivity index is 2.59. The fourth-order valence-corrected chi connectivity index (χ4v) is 2.09. The second kappa shape index (κ2) is 4.81. The summed E-state index contributed by atoms with van der Waals surface area (Å²) in [4.78, 5) is 0.273. The second-order valence-electron chi connectivity index (χ2n) is 3.05. The molecule has 0 saturated carbocycles. The molecule has 1 aromatic rings. The van der Waals surface area contributed by atoms with Crippen LogP contribution in [0.1, 0.15) is 5.56 Å². The molecule has 1 aromatic carbocycles. The number of benzene rings is 1. The van der Waals surface area contributed by atoms with Crippen molar-refractivity contribution < 1.29 is 8.96 Å². The van der Waals surface area contributed by atoms with Gasteiger partial charge in [0.2, 0.25) is 0 Å². The molecule has 0 saturated heterocycles. The summed E-state index contributed by atoms with van der Waals surface area (Å²) in [6.07, 6.45) is 0.327. The van der Waals surface area contributed by atoms with E-state index in [-0.39, 0.29) is 10.8 Å². The third kappa shape index (κ3) is 4.99. The molecule has 15 heavy (non-hydrogen) atoms. The standard InChI is InChI=1S/C8H11FN3OPS/c9-7-3-1-6(2-4-7)5-8(15)12-14(10,11)13/h1-4H,5H2,(H5,10,11,12,13,15). The summed E-state index contributed by atoms with van der Waals surface area (Å²) in [5.41, 5.74) is 11.0. The van der Waals surface area contributed by atoms with Gasteiger partial charge in [-0.1, -0.05) is 24.4 Å². The number of hydrogen-bond acceptors (Lipinski definition) is 2. The van der Waals surface area contributed by atoms with Crippen LogP contribution in [-0.2, 0) is 11.0 Å². The van der Waals surface area contributed by atoms with Gasteiger partial charge >= 0.3 is 0 Å². The third-order valence-corrected chi connectivity index (χ3v) is 2.59. The van der Waals surface area contributed by atoms with E-state index in [1.54, 1.807) is 12.1 Å². The van der Waals surface area contributed by atoms with E-state index < -0.39 is 7.59 Å². The molecule has 0 heterocycles. The maximum absolute atomic E-state index is 12.6. The highest BCUT2D eigenvalue weighted by atomic mass is 32.1. The summed E-state index contributed by atoms with van der Waals surface area (Å²) < 4.78 is 23.5. The molecule has 0 aromatic heterocycles. The zero-order chi connectivity index (χ0) is 11.5. The van der Waals surface area contributed by atoms with E-state index in [1.807, 2.05) is 0 Å². The van der Waals surface area contributed by atoms with Crippen molar-refractivity contribution in [3.63, 3.8) is 0 Å². The zero-order valence-corrected chi connectivity index (χ0v) is 9.52. The fraction of sp³-hybridized carbons (Fsp3) is 0.125. The number of nitrogens with two attached hydrogens (primary N) is 2. The largest absolute Gasteiger partial charge is 0.307 e. The van der Waals surface area contributed by atoms with Crippen LogP contribution in [0.25, 0.3) is 0 Å². The van der Waals surface area contributed by atoms with Gasteiger partial charge in [-0.25, -0.2) is 4.39 Å². The average Bonchev–Trinajstić information content (AvgIpc) is 2.05. The van der Waals surface area contributed by atoms with Crippen LogP contribution in [0.2, 0.25) is 0 Å². The van der Waals surface area contributed by atoms with Crippen LogP contribution >= 0.6 is 19.8 Å². The van der Waals surface area contributed by atoms with Gasteiger partial charge in [0.15, 0.2) is 0 Å². The molecular formula is C8H11FN3OPS. The van der Waals surface area contributed by atoms with Gasteiger partial charge in [0.05, 0.1) is 4.99 Å². The minimum absolute atomic E-state index is 0.273. The Labute approximate surface area is 92.4 Å². The topological polar surface area (TPSA) is 81.1 Å². The summed E-state index contributed by atoms with van der Waals surface area (Å²) in [6, 6.07) is 5.81. The predicted octanol–water partition coefficient (Wildman–Crippen LogP) is 1.31. The highest BCUT2D eigenvalue weighted by molar-refractivity contribution is 7.81. The third-order valence-electron chi connectivity index (χ3n) is 1.58.